The van der Waals surface area contributed by atoms with Crippen LogP contribution in [0.2, 0.25) is 0 Å². The SMILES string of the molecule is CNC(c1ccc(F)cc1F)C(C)CCOC. The molecule has 0 aliphatic carbocycles. The van der Waals surface area contributed by atoms with Crippen LogP contribution in [0.5, 0.6) is 0 Å². The van der Waals surface area contributed by atoms with Gasteiger partial charge in [0.1, 0.15) is 11.6 Å². The van der Waals surface area contributed by atoms with Crippen LogP contribution in [0.3, 0.4) is 0 Å². The largest absolute Gasteiger partial charge is 0.385 e. The number of nitrogens with one attached hydrogen (secondary N) is 1. The molecule has 4 heteroatoms. The number of methoxy groups -OCH3 is 1. The van der Waals surface area contributed by atoms with Crippen LogP contribution in [-0.4, -0.2) is 20.8 Å². The van der Waals surface area contributed by atoms with E-state index in [1.807, 2.05) is 6.92 Å². The summed E-state index contributed by atoms with van der Waals surface area (Å²) in [6.07, 6.45) is 0.818. The van der Waals surface area contributed by atoms with Gasteiger partial charge in [0.2, 0.25) is 0 Å². The van der Waals surface area contributed by atoms with Crippen molar-refractivity contribution in [2.75, 3.05) is 20.8 Å². The molecule has 0 fully saturated rings. The Balaban J connectivity index is 2.85. The van der Waals surface area contributed by atoms with Crippen molar-refractivity contribution in [1.29, 1.82) is 0 Å². The van der Waals surface area contributed by atoms with Crippen molar-refractivity contribution in [1.82, 2.24) is 5.32 Å². The van der Waals surface area contributed by atoms with E-state index < -0.39 is 11.6 Å². The molecule has 1 aromatic rings. The van der Waals surface area contributed by atoms with Crippen LogP contribution in [0, 0.1) is 17.6 Å². The third-order valence-electron chi connectivity index (χ3n) is 2.95. The third kappa shape index (κ3) is 3.75. The van der Waals surface area contributed by atoms with Gasteiger partial charge in [0, 0.05) is 31.4 Å². The molecular formula is C13H19F2NO. The summed E-state index contributed by atoms with van der Waals surface area (Å²) in [5.41, 5.74) is 0.498. The Morgan fingerprint density at radius 2 is 2.06 bits per heavy atom. The molecule has 2 nitrogen and oxygen atoms in total. The first-order valence-electron chi connectivity index (χ1n) is 5.71. The minimum absolute atomic E-state index is 0.134. The normalized spacial score (nSPS) is 14.6. The Morgan fingerprint density at radius 3 is 2.59 bits per heavy atom. The molecule has 0 aromatic heterocycles. The first-order valence-corrected chi connectivity index (χ1v) is 5.71. The number of ether oxygens (including phenoxy) is 1. The lowest BCUT2D eigenvalue weighted by Crippen LogP contribution is -2.25. The van der Waals surface area contributed by atoms with Crippen LogP contribution < -0.4 is 5.32 Å². The van der Waals surface area contributed by atoms with E-state index in [9.17, 15) is 8.78 Å². The highest BCUT2D eigenvalue weighted by Crippen LogP contribution is 2.26. The zero-order valence-corrected chi connectivity index (χ0v) is 10.5. The van der Waals surface area contributed by atoms with Crippen LogP contribution in [-0.2, 0) is 4.74 Å². The monoisotopic (exact) mass is 243 g/mol. The van der Waals surface area contributed by atoms with Gasteiger partial charge < -0.3 is 10.1 Å². The standard InChI is InChI=1S/C13H19F2NO/c1-9(6-7-17-3)13(16-2)11-5-4-10(14)8-12(11)15/h4-5,8-9,13,16H,6-7H2,1-3H3. The molecule has 1 rings (SSSR count). The second-order valence-electron chi connectivity index (χ2n) is 4.19. The fourth-order valence-corrected chi connectivity index (χ4v) is 1.97. The fourth-order valence-electron chi connectivity index (χ4n) is 1.97. The molecule has 1 N–H and O–H groups in total. The number of rotatable bonds is 6. The Bertz CT molecular complexity index is 357. The van der Waals surface area contributed by atoms with Crippen LogP contribution in [0.1, 0.15) is 24.9 Å². The first-order chi connectivity index (χ1) is 8.10. The fraction of sp³-hybridized carbons (Fsp3) is 0.538. The summed E-state index contributed by atoms with van der Waals surface area (Å²) in [5.74, 6) is -0.848. The van der Waals surface area contributed by atoms with Crippen LogP contribution in [0.4, 0.5) is 8.78 Å². The Morgan fingerprint density at radius 1 is 1.35 bits per heavy atom. The maximum Gasteiger partial charge on any atom is 0.130 e. The van der Waals surface area contributed by atoms with Crippen molar-refractivity contribution < 1.29 is 13.5 Å². The zero-order valence-electron chi connectivity index (χ0n) is 10.5. The molecule has 0 saturated heterocycles. The van der Waals surface area contributed by atoms with Crippen LogP contribution in [0.15, 0.2) is 18.2 Å². The van der Waals surface area contributed by atoms with Gasteiger partial charge in [-0.2, -0.15) is 0 Å². The summed E-state index contributed by atoms with van der Waals surface area (Å²) in [7, 11) is 3.41. The lowest BCUT2D eigenvalue weighted by molar-refractivity contribution is 0.171. The molecule has 0 amide bonds. The Kier molecular flexibility index (Phi) is 5.51. The van der Waals surface area contributed by atoms with E-state index in [1.165, 1.54) is 12.1 Å². The minimum Gasteiger partial charge on any atom is -0.385 e. The summed E-state index contributed by atoms with van der Waals surface area (Å²) in [4.78, 5) is 0. The van der Waals surface area contributed by atoms with E-state index in [4.69, 9.17) is 4.74 Å². The molecule has 2 unspecified atom stereocenters. The molecule has 1 aromatic carbocycles. The number of hydrogen-bond donors (Lipinski definition) is 1. The predicted octanol–water partition coefficient (Wildman–Crippen LogP) is 2.90. The molecule has 0 saturated carbocycles. The highest BCUT2D eigenvalue weighted by atomic mass is 19.1. The topological polar surface area (TPSA) is 21.3 Å². The maximum atomic E-state index is 13.7. The van der Waals surface area contributed by atoms with Gasteiger partial charge in [-0.05, 0) is 25.5 Å². The van der Waals surface area contributed by atoms with Crippen molar-refractivity contribution in [2.24, 2.45) is 5.92 Å². The summed E-state index contributed by atoms with van der Waals surface area (Å²) in [6.45, 7) is 2.64. The zero-order chi connectivity index (χ0) is 12.8. The minimum atomic E-state index is -0.550. The molecule has 0 bridgehead atoms. The lowest BCUT2D eigenvalue weighted by Gasteiger charge is -2.24. The molecule has 0 aliphatic heterocycles. The van der Waals surface area contributed by atoms with Gasteiger partial charge in [0.05, 0.1) is 0 Å². The Labute approximate surface area is 101 Å². The Hall–Kier alpha value is -1.00. The van der Waals surface area contributed by atoms with E-state index in [-0.39, 0.29) is 12.0 Å². The second kappa shape index (κ2) is 6.67. The van der Waals surface area contributed by atoms with Gasteiger partial charge in [-0.15, -0.1) is 0 Å². The predicted molar refractivity (Wildman–Crippen MR) is 63.8 cm³/mol. The van der Waals surface area contributed by atoms with Gasteiger partial charge >= 0.3 is 0 Å². The molecule has 2 atom stereocenters. The average molecular weight is 243 g/mol. The first kappa shape index (κ1) is 14.1. The highest BCUT2D eigenvalue weighted by Gasteiger charge is 2.20. The average Bonchev–Trinajstić information content (AvgIpc) is 2.30. The van der Waals surface area contributed by atoms with Crippen LogP contribution in [0.25, 0.3) is 0 Å². The molecule has 96 valence electrons. The number of hydrogen-bond acceptors (Lipinski definition) is 2. The van der Waals surface area contributed by atoms with Crippen molar-refractivity contribution in [3.05, 3.63) is 35.4 Å². The van der Waals surface area contributed by atoms with Gasteiger partial charge in [-0.1, -0.05) is 13.0 Å². The quantitative estimate of drug-likeness (QED) is 0.829. The van der Waals surface area contributed by atoms with E-state index in [1.54, 1.807) is 14.2 Å². The van der Waals surface area contributed by atoms with E-state index in [2.05, 4.69) is 5.32 Å². The highest BCUT2D eigenvalue weighted by molar-refractivity contribution is 5.22. The van der Waals surface area contributed by atoms with E-state index in [0.717, 1.165) is 12.5 Å². The number of halogens is 2. The van der Waals surface area contributed by atoms with Gasteiger partial charge in [0.15, 0.2) is 0 Å². The van der Waals surface area contributed by atoms with E-state index in [0.29, 0.717) is 12.2 Å². The molecule has 0 aliphatic rings. The molecule has 0 heterocycles. The number of benzene rings is 1. The molecular weight excluding hydrogens is 224 g/mol. The molecule has 0 spiro atoms. The van der Waals surface area contributed by atoms with E-state index >= 15 is 0 Å². The van der Waals surface area contributed by atoms with Crippen LogP contribution >= 0.6 is 0 Å². The summed E-state index contributed by atoms with van der Waals surface area (Å²) in [5, 5.41) is 3.07. The molecule has 0 radical (unpaired) electrons. The van der Waals surface area contributed by atoms with Crippen molar-refractivity contribution in [3.8, 4) is 0 Å². The van der Waals surface area contributed by atoms with Crippen molar-refractivity contribution in [2.45, 2.75) is 19.4 Å². The summed E-state index contributed by atoms with van der Waals surface area (Å²) in [6, 6.07) is 3.56. The van der Waals surface area contributed by atoms with Gasteiger partial charge in [-0.25, -0.2) is 8.78 Å². The maximum absolute atomic E-state index is 13.7. The third-order valence-corrected chi connectivity index (χ3v) is 2.95. The second-order valence-corrected chi connectivity index (χ2v) is 4.19. The van der Waals surface area contributed by atoms with Crippen molar-refractivity contribution >= 4 is 0 Å². The molecule has 17 heavy (non-hydrogen) atoms. The van der Waals surface area contributed by atoms with Gasteiger partial charge in [-0.3, -0.25) is 0 Å². The van der Waals surface area contributed by atoms with Crippen molar-refractivity contribution in [3.63, 3.8) is 0 Å². The summed E-state index contributed by atoms with van der Waals surface area (Å²) >= 11 is 0. The lowest BCUT2D eigenvalue weighted by atomic mass is 9.92. The van der Waals surface area contributed by atoms with Gasteiger partial charge in [0.25, 0.3) is 0 Å². The summed E-state index contributed by atoms with van der Waals surface area (Å²) < 4.78 is 31.5. The smallest absolute Gasteiger partial charge is 0.130 e.